The summed E-state index contributed by atoms with van der Waals surface area (Å²) in [6, 6.07) is 3.26. The Labute approximate surface area is 131 Å². The molecule has 0 aliphatic carbocycles. The van der Waals surface area contributed by atoms with Crippen LogP contribution in [0.3, 0.4) is 0 Å². The molecule has 0 heterocycles. The summed E-state index contributed by atoms with van der Waals surface area (Å²) in [4.78, 5) is 0. The largest absolute Gasteiger partial charge is 0.308 e. The fourth-order valence-electron chi connectivity index (χ4n) is 2.30. The maximum absolute atomic E-state index is 13.5. The molecule has 20 heavy (non-hydrogen) atoms. The highest BCUT2D eigenvalue weighted by Crippen LogP contribution is 2.29. The molecule has 1 nitrogen and oxygen atoms in total. The van der Waals surface area contributed by atoms with Crippen LogP contribution in [0.1, 0.15) is 58.6 Å². The molecule has 0 aliphatic rings. The third kappa shape index (κ3) is 5.59. The molecule has 0 bridgehead atoms. The molecule has 0 fully saturated rings. The molecule has 2 unspecified atom stereocenters. The zero-order valence-electron chi connectivity index (χ0n) is 12.6. The molecule has 1 rings (SSSR count). The molecular formula is C16H24Cl2FN. The van der Waals surface area contributed by atoms with Crippen molar-refractivity contribution in [1.29, 1.82) is 0 Å². The molecule has 114 valence electrons. The Morgan fingerprint density at radius 3 is 2.30 bits per heavy atom. The Bertz CT molecular complexity index is 435. The van der Waals surface area contributed by atoms with Gasteiger partial charge in [-0.1, -0.05) is 49.9 Å². The summed E-state index contributed by atoms with van der Waals surface area (Å²) in [5.74, 6) is 0.312. The molecule has 0 spiro atoms. The van der Waals surface area contributed by atoms with Crippen LogP contribution < -0.4 is 5.32 Å². The van der Waals surface area contributed by atoms with Crippen molar-refractivity contribution in [3.05, 3.63) is 33.6 Å². The van der Waals surface area contributed by atoms with Gasteiger partial charge in [0.25, 0.3) is 0 Å². The highest BCUT2D eigenvalue weighted by Gasteiger charge is 2.15. The van der Waals surface area contributed by atoms with Crippen molar-refractivity contribution < 1.29 is 4.39 Å². The van der Waals surface area contributed by atoms with Crippen LogP contribution in [-0.2, 0) is 0 Å². The predicted octanol–water partition coefficient (Wildman–Crippen LogP) is 6.00. The minimum Gasteiger partial charge on any atom is -0.308 e. The predicted molar refractivity (Wildman–Crippen MR) is 86.1 cm³/mol. The van der Waals surface area contributed by atoms with Gasteiger partial charge in [0.05, 0.1) is 5.02 Å². The van der Waals surface area contributed by atoms with Crippen molar-refractivity contribution in [2.24, 2.45) is 5.92 Å². The maximum atomic E-state index is 13.5. The summed E-state index contributed by atoms with van der Waals surface area (Å²) >= 11 is 11.8. The van der Waals surface area contributed by atoms with Crippen LogP contribution >= 0.6 is 23.2 Å². The Hall–Kier alpha value is -0.310. The normalized spacial score (nSPS) is 14.6. The first-order chi connectivity index (χ1) is 9.31. The zero-order valence-corrected chi connectivity index (χ0v) is 14.2. The topological polar surface area (TPSA) is 12.0 Å². The van der Waals surface area contributed by atoms with Gasteiger partial charge in [0, 0.05) is 17.1 Å². The van der Waals surface area contributed by atoms with E-state index in [4.69, 9.17) is 23.2 Å². The van der Waals surface area contributed by atoms with Crippen LogP contribution in [0.15, 0.2) is 12.1 Å². The van der Waals surface area contributed by atoms with Gasteiger partial charge < -0.3 is 5.32 Å². The highest BCUT2D eigenvalue weighted by molar-refractivity contribution is 6.35. The second-order valence-electron chi connectivity index (χ2n) is 5.90. The van der Waals surface area contributed by atoms with Gasteiger partial charge in [0.15, 0.2) is 0 Å². The van der Waals surface area contributed by atoms with Crippen LogP contribution in [0, 0.1) is 11.7 Å². The second-order valence-corrected chi connectivity index (χ2v) is 6.72. The highest BCUT2D eigenvalue weighted by atomic mass is 35.5. The first-order valence-corrected chi connectivity index (χ1v) is 7.97. The molecule has 1 aromatic rings. The van der Waals surface area contributed by atoms with E-state index >= 15 is 0 Å². The van der Waals surface area contributed by atoms with E-state index in [2.05, 4.69) is 26.1 Å². The monoisotopic (exact) mass is 319 g/mol. The summed E-state index contributed by atoms with van der Waals surface area (Å²) in [5.41, 5.74) is 0.754. The van der Waals surface area contributed by atoms with E-state index in [1.807, 2.05) is 6.92 Å². The Morgan fingerprint density at radius 1 is 1.05 bits per heavy atom. The summed E-state index contributed by atoms with van der Waals surface area (Å²) in [6.07, 6.45) is 3.54. The van der Waals surface area contributed by atoms with Gasteiger partial charge in [-0.3, -0.25) is 0 Å². The minimum absolute atomic E-state index is 0.00307. The number of nitrogens with one attached hydrogen (secondary N) is 1. The van der Waals surface area contributed by atoms with Gasteiger partial charge in [-0.25, -0.2) is 4.39 Å². The van der Waals surface area contributed by atoms with E-state index in [0.717, 1.165) is 17.9 Å². The van der Waals surface area contributed by atoms with Gasteiger partial charge in [0.2, 0.25) is 0 Å². The van der Waals surface area contributed by atoms with E-state index in [1.165, 1.54) is 25.0 Å². The number of rotatable bonds is 7. The number of benzene rings is 1. The molecule has 0 radical (unpaired) electrons. The van der Waals surface area contributed by atoms with E-state index in [1.54, 1.807) is 0 Å². The third-order valence-corrected chi connectivity index (χ3v) is 4.08. The molecule has 0 aliphatic heterocycles. The van der Waals surface area contributed by atoms with Gasteiger partial charge in [-0.05, 0) is 43.9 Å². The van der Waals surface area contributed by atoms with Crippen molar-refractivity contribution in [3.63, 3.8) is 0 Å². The molecule has 1 aromatic carbocycles. The van der Waals surface area contributed by atoms with Crippen LogP contribution in [0.2, 0.25) is 10.0 Å². The fourth-order valence-corrected chi connectivity index (χ4v) is 2.85. The Balaban J connectivity index is 2.58. The lowest BCUT2D eigenvalue weighted by Gasteiger charge is -2.22. The molecule has 0 amide bonds. The third-order valence-electron chi connectivity index (χ3n) is 3.46. The number of hydrogen-bond donors (Lipinski definition) is 1. The smallest absolute Gasteiger partial charge is 0.142 e. The van der Waals surface area contributed by atoms with E-state index in [-0.39, 0.29) is 11.1 Å². The van der Waals surface area contributed by atoms with Crippen molar-refractivity contribution in [2.75, 3.05) is 0 Å². The van der Waals surface area contributed by atoms with Crippen LogP contribution in [0.25, 0.3) is 0 Å². The quantitative estimate of drug-likeness (QED) is 0.608. The minimum atomic E-state index is -0.424. The van der Waals surface area contributed by atoms with Crippen molar-refractivity contribution >= 4 is 23.2 Å². The van der Waals surface area contributed by atoms with Crippen molar-refractivity contribution in [3.8, 4) is 0 Å². The molecular weight excluding hydrogens is 296 g/mol. The Morgan fingerprint density at radius 2 is 1.70 bits per heavy atom. The summed E-state index contributed by atoms with van der Waals surface area (Å²) in [6.45, 7) is 8.61. The van der Waals surface area contributed by atoms with Gasteiger partial charge in [-0.2, -0.15) is 0 Å². The number of halogens is 3. The van der Waals surface area contributed by atoms with Crippen LogP contribution in [-0.4, -0.2) is 6.04 Å². The lowest BCUT2D eigenvalue weighted by Crippen LogP contribution is -2.29. The summed E-state index contributed by atoms with van der Waals surface area (Å²) in [7, 11) is 0. The molecule has 1 N–H and O–H groups in total. The maximum Gasteiger partial charge on any atom is 0.142 e. The molecule has 0 saturated carbocycles. The Kier molecular flexibility index (Phi) is 7.28. The van der Waals surface area contributed by atoms with E-state index < -0.39 is 5.82 Å². The second kappa shape index (κ2) is 8.21. The van der Waals surface area contributed by atoms with Crippen LogP contribution in [0.4, 0.5) is 4.39 Å². The fraction of sp³-hybridized carbons (Fsp3) is 0.625. The summed E-state index contributed by atoms with van der Waals surface area (Å²) < 4.78 is 13.5. The summed E-state index contributed by atoms with van der Waals surface area (Å²) in [5, 5.41) is 4.03. The lowest BCUT2D eigenvalue weighted by atomic mass is 10.0. The van der Waals surface area contributed by atoms with Crippen molar-refractivity contribution in [2.45, 2.75) is 59.0 Å². The van der Waals surface area contributed by atoms with Crippen LogP contribution in [0.5, 0.6) is 0 Å². The van der Waals surface area contributed by atoms with Gasteiger partial charge >= 0.3 is 0 Å². The average molecular weight is 320 g/mol. The van der Waals surface area contributed by atoms with Gasteiger partial charge in [0.1, 0.15) is 5.82 Å². The molecule has 4 heteroatoms. The zero-order chi connectivity index (χ0) is 15.3. The SMILES string of the molecule is CC(C)CCCC(C)NC(C)c1cc(F)c(Cl)cc1Cl. The van der Waals surface area contributed by atoms with Gasteiger partial charge in [-0.15, -0.1) is 0 Å². The molecule has 0 aromatic heterocycles. The molecule has 2 atom stereocenters. The first kappa shape index (κ1) is 17.7. The molecule has 0 saturated heterocycles. The first-order valence-electron chi connectivity index (χ1n) is 7.21. The standard InChI is InChI=1S/C16H24Cl2FN/c1-10(2)6-5-7-11(3)20-12(4)13-8-16(19)15(18)9-14(13)17/h8-12,20H,5-7H2,1-4H3. The number of hydrogen-bond acceptors (Lipinski definition) is 1. The van der Waals surface area contributed by atoms with E-state index in [9.17, 15) is 4.39 Å². The van der Waals surface area contributed by atoms with Crippen molar-refractivity contribution in [1.82, 2.24) is 5.32 Å². The average Bonchev–Trinajstić information content (AvgIpc) is 2.33. The van der Waals surface area contributed by atoms with E-state index in [0.29, 0.717) is 11.1 Å². The lowest BCUT2D eigenvalue weighted by molar-refractivity contribution is 0.423.